The second-order valence-electron chi connectivity index (χ2n) is 8.26. The number of hydrogen-bond acceptors (Lipinski definition) is 5. The number of esters is 1. The summed E-state index contributed by atoms with van der Waals surface area (Å²) in [5, 5.41) is 2.58. The number of nitrogens with zero attached hydrogens (tertiary/aromatic N) is 1. The van der Waals surface area contributed by atoms with Gasteiger partial charge in [-0.3, -0.25) is 10.1 Å². The highest BCUT2D eigenvalue weighted by Crippen LogP contribution is 2.18. The minimum Gasteiger partial charge on any atom is -0.449 e. The molecular weight excluding hydrogens is 360 g/mol. The van der Waals surface area contributed by atoms with Gasteiger partial charge in [-0.25, -0.2) is 9.59 Å². The van der Waals surface area contributed by atoms with E-state index in [2.05, 4.69) is 12.2 Å². The highest BCUT2D eigenvalue weighted by molar-refractivity contribution is 5.94. The van der Waals surface area contributed by atoms with Crippen LogP contribution in [0.1, 0.15) is 57.8 Å². The zero-order valence-electron chi connectivity index (χ0n) is 17.3. The zero-order chi connectivity index (χ0) is 20.9. The lowest BCUT2D eigenvalue weighted by Gasteiger charge is -2.31. The van der Waals surface area contributed by atoms with Crippen LogP contribution in [0.4, 0.5) is 10.5 Å². The van der Waals surface area contributed by atoms with E-state index in [0.29, 0.717) is 24.7 Å². The molecule has 7 heteroatoms. The summed E-state index contributed by atoms with van der Waals surface area (Å²) in [5.74, 6) is -0.176. The Hall–Kier alpha value is -2.57. The molecule has 1 saturated heterocycles. The summed E-state index contributed by atoms with van der Waals surface area (Å²) in [6.07, 6.45) is 0.458. The second kappa shape index (κ2) is 9.08. The lowest BCUT2D eigenvalue weighted by atomic mass is 9.99. The number of carbonyl (C=O) groups excluding carboxylic acids is 3. The average molecular weight is 390 g/mol. The molecule has 1 fully saturated rings. The van der Waals surface area contributed by atoms with Gasteiger partial charge in [0.25, 0.3) is 5.91 Å². The Balaban J connectivity index is 1.94. The number of nitrogens with one attached hydrogen (secondary N) is 1. The van der Waals surface area contributed by atoms with Crippen molar-refractivity contribution in [3.8, 4) is 0 Å². The van der Waals surface area contributed by atoms with E-state index in [1.807, 2.05) is 0 Å². The summed E-state index contributed by atoms with van der Waals surface area (Å²) in [6, 6.07) is 6.33. The first-order valence-electron chi connectivity index (χ1n) is 9.65. The van der Waals surface area contributed by atoms with Gasteiger partial charge in [-0.1, -0.05) is 13.0 Å². The summed E-state index contributed by atoms with van der Waals surface area (Å²) >= 11 is 0. The standard InChI is InChI=1S/C21H30N2O5/c1-14-9-11-23(12-10-14)18(24)15(2)27-19(25)16-7-6-8-17(13-16)22-20(26)28-21(3,4)5/h6-8,13-15H,9-12H2,1-5H3,(H,22,26)/t15-/m1/s1. The molecule has 0 aromatic heterocycles. The van der Waals surface area contributed by atoms with E-state index < -0.39 is 23.8 Å². The monoisotopic (exact) mass is 390 g/mol. The first-order valence-corrected chi connectivity index (χ1v) is 9.65. The molecule has 154 valence electrons. The van der Waals surface area contributed by atoms with Gasteiger partial charge in [-0.2, -0.15) is 0 Å². The van der Waals surface area contributed by atoms with E-state index in [-0.39, 0.29) is 11.5 Å². The number of amides is 2. The van der Waals surface area contributed by atoms with Gasteiger partial charge in [0.05, 0.1) is 5.56 Å². The normalized spacial score (nSPS) is 16.2. The number of piperidine rings is 1. The fraction of sp³-hybridized carbons (Fsp3) is 0.571. The smallest absolute Gasteiger partial charge is 0.412 e. The van der Waals surface area contributed by atoms with E-state index in [0.717, 1.165) is 12.8 Å². The molecule has 0 unspecified atom stereocenters. The van der Waals surface area contributed by atoms with Crippen LogP contribution in [0.5, 0.6) is 0 Å². The Morgan fingerprint density at radius 3 is 2.43 bits per heavy atom. The Kier molecular flexibility index (Phi) is 7.05. The fourth-order valence-electron chi connectivity index (χ4n) is 2.91. The average Bonchev–Trinajstić information content (AvgIpc) is 2.60. The van der Waals surface area contributed by atoms with E-state index in [1.54, 1.807) is 50.8 Å². The Bertz CT molecular complexity index is 718. The minimum absolute atomic E-state index is 0.178. The topological polar surface area (TPSA) is 84.9 Å². The molecule has 0 spiro atoms. The van der Waals surface area contributed by atoms with Crippen LogP contribution in [0.2, 0.25) is 0 Å². The van der Waals surface area contributed by atoms with Gasteiger partial charge in [0.1, 0.15) is 5.60 Å². The molecule has 0 saturated carbocycles. The predicted molar refractivity (Wildman–Crippen MR) is 106 cm³/mol. The highest BCUT2D eigenvalue weighted by atomic mass is 16.6. The number of carbonyl (C=O) groups is 3. The maximum absolute atomic E-state index is 12.5. The van der Waals surface area contributed by atoms with Crippen molar-refractivity contribution in [2.75, 3.05) is 18.4 Å². The molecule has 1 atom stereocenters. The van der Waals surface area contributed by atoms with Gasteiger partial charge >= 0.3 is 12.1 Å². The van der Waals surface area contributed by atoms with Gasteiger partial charge in [0.15, 0.2) is 6.10 Å². The molecule has 1 aliphatic rings. The minimum atomic E-state index is -0.858. The van der Waals surface area contributed by atoms with Crippen LogP contribution in [0.3, 0.4) is 0 Å². The van der Waals surface area contributed by atoms with E-state index in [1.165, 1.54) is 6.07 Å². The fourth-order valence-corrected chi connectivity index (χ4v) is 2.91. The Morgan fingerprint density at radius 2 is 1.82 bits per heavy atom. The van der Waals surface area contributed by atoms with Crippen molar-refractivity contribution in [2.24, 2.45) is 5.92 Å². The van der Waals surface area contributed by atoms with Gasteiger partial charge in [0, 0.05) is 18.8 Å². The second-order valence-corrected chi connectivity index (χ2v) is 8.26. The molecule has 0 radical (unpaired) electrons. The summed E-state index contributed by atoms with van der Waals surface area (Å²) in [5.41, 5.74) is 0.0380. The van der Waals surface area contributed by atoms with E-state index in [9.17, 15) is 14.4 Å². The van der Waals surface area contributed by atoms with Gasteiger partial charge < -0.3 is 14.4 Å². The van der Waals surface area contributed by atoms with Crippen molar-refractivity contribution in [2.45, 2.75) is 59.2 Å². The Labute approximate surface area is 166 Å². The lowest BCUT2D eigenvalue weighted by molar-refractivity contribution is -0.141. The SMILES string of the molecule is CC1CCN(C(=O)[C@@H](C)OC(=O)c2cccc(NC(=O)OC(C)(C)C)c2)CC1. The molecular formula is C21H30N2O5. The maximum Gasteiger partial charge on any atom is 0.412 e. The predicted octanol–water partition coefficient (Wildman–Crippen LogP) is 3.84. The van der Waals surface area contributed by atoms with Crippen LogP contribution in [0, 0.1) is 5.92 Å². The van der Waals surface area contributed by atoms with Crippen molar-refractivity contribution in [1.82, 2.24) is 4.90 Å². The number of anilines is 1. The number of ether oxygens (including phenoxy) is 2. The maximum atomic E-state index is 12.5. The number of benzene rings is 1. The van der Waals surface area contributed by atoms with Crippen LogP contribution in [0.25, 0.3) is 0 Å². The number of rotatable bonds is 4. The molecule has 1 aromatic rings. The van der Waals surface area contributed by atoms with Crippen LogP contribution in [-0.2, 0) is 14.3 Å². The quantitative estimate of drug-likeness (QED) is 0.790. The third kappa shape index (κ3) is 6.55. The van der Waals surface area contributed by atoms with Crippen molar-refractivity contribution in [3.05, 3.63) is 29.8 Å². The molecule has 2 rings (SSSR count). The summed E-state index contributed by atoms with van der Waals surface area (Å²) < 4.78 is 10.5. The molecule has 0 bridgehead atoms. The first-order chi connectivity index (χ1) is 13.0. The van der Waals surface area contributed by atoms with Crippen molar-refractivity contribution in [1.29, 1.82) is 0 Å². The van der Waals surface area contributed by atoms with Crippen molar-refractivity contribution in [3.63, 3.8) is 0 Å². The van der Waals surface area contributed by atoms with Crippen LogP contribution in [0.15, 0.2) is 24.3 Å². The molecule has 1 aromatic carbocycles. The number of likely N-dealkylation sites (tertiary alicyclic amines) is 1. The van der Waals surface area contributed by atoms with Gasteiger partial charge in [-0.15, -0.1) is 0 Å². The van der Waals surface area contributed by atoms with Crippen LogP contribution < -0.4 is 5.32 Å². The molecule has 1 aliphatic heterocycles. The Morgan fingerprint density at radius 1 is 1.18 bits per heavy atom. The largest absolute Gasteiger partial charge is 0.449 e. The summed E-state index contributed by atoms with van der Waals surface area (Å²) in [4.78, 5) is 38.5. The van der Waals surface area contributed by atoms with Crippen LogP contribution >= 0.6 is 0 Å². The van der Waals surface area contributed by atoms with Crippen LogP contribution in [-0.4, -0.2) is 47.7 Å². The van der Waals surface area contributed by atoms with Crippen molar-refractivity contribution < 1.29 is 23.9 Å². The first kappa shape index (κ1) is 21.7. The van der Waals surface area contributed by atoms with E-state index >= 15 is 0 Å². The third-order valence-electron chi connectivity index (χ3n) is 4.47. The zero-order valence-corrected chi connectivity index (χ0v) is 17.3. The molecule has 0 aliphatic carbocycles. The molecule has 7 nitrogen and oxygen atoms in total. The third-order valence-corrected chi connectivity index (χ3v) is 4.47. The van der Waals surface area contributed by atoms with Gasteiger partial charge in [0.2, 0.25) is 0 Å². The lowest BCUT2D eigenvalue weighted by Crippen LogP contribution is -2.44. The summed E-state index contributed by atoms with van der Waals surface area (Å²) in [6.45, 7) is 10.4. The van der Waals surface area contributed by atoms with Gasteiger partial charge in [-0.05, 0) is 64.7 Å². The summed E-state index contributed by atoms with van der Waals surface area (Å²) in [7, 11) is 0. The van der Waals surface area contributed by atoms with E-state index in [4.69, 9.17) is 9.47 Å². The molecule has 28 heavy (non-hydrogen) atoms. The molecule has 2 amide bonds. The van der Waals surface area contributed by atoms with Crippen molar-refractivity contribution >= 4 is 23.7 Å². The molecule has 1 N–H and O–H groups in total. The highest BCUT2D eigenvalue weighted by Gasteiger charge is 2.27. The molecule has 1 heterocycles. The number of hydrogen-bond donors (Lipinski definition) is 1.